The Labute approximate surface area is 164 Å². The van der Waals surface area contributed by atoms with Gasteiger partial charge in [-0.25, -0.2) is 4.68 Å². The number of hydrogen-bond acceptors (Lipinski definition) is 4. The molecular formula is C22H26N4O2. The molecule has 146 valence electrons. The number of nitrogens with zero attached hydrogens (tertiary/aromatic N) is 3. The van der Waals surface area contributed by atoms with Gasteiger partial charge in [-0.1, -0.05) is 36.4 Å². The third-order valence-electron chi connectivity index (χ3n) is 5.98. The molecule has 2 heterocycles. The topological polar surface area (TPSA) is 80.0 Å². The van der Waals surface area contributed by atoms with Gasteiger partial charge in [0.05, 0.1) is 11.4 Å². The van der Waals surface area contributed by atoms with Gasteiger partial charge >= 0.3 is 5.97 Å². The van der Waals surface area contributed by atoms with E-state index in [1.54, 1.807) is 6.92 Å². The van der Waals surface area contributed by atoms with Crippen molar-refractivity contribution in [3.05, 3.63) is 58.1 Å². The van der Waals surface area contributed by atoms with E-state index >= 15 is 0 Å². The van der Waals surface area contributed by atoms with E-state index in [1.807, 2.05) is 24.6 Å². The van der Waals surface area contributed by atoms with Gasteiger partial charge in [0.25, 0.3) is 0 Å². The maximum atomic E-state index is 12.0. The van der Waals surface area contributed by atoms with Crippen molar-refractivity contribution in [3.8, 4) is 0 Å². The number of carboxylic acid groups (broad SMARTS) is 1. The predicted octanol–water partition coefficient (Wildman–Crippen LogP) is 3.26. The molecule has 6 heteroatoms. The number of benzene rings is 2. The molecule has 1 aliphatic rings. The summed E-state index contributed by atoms with van der Waals surface area (Å²) in [4.78, 5) is 12.0. The summed E-state index contributed by atoms with van der Waals surface area (Å²) in [6, 6.07) is 10.5. The number of nitrogens with one attached hydrogen (secondary N) is 1. The monoisotopic (exact) mass is 378 g/mol. The van der Waals surface area contributed by atoms with Crippen molar-refractivity contribution >= 4 is 17.0 Å². The lowest BCUT2D eigenvalue weighted by Gasteiger charge is -2.26. The van der Waals surface area contributed by atoms with Gasteiger partial charge in [-0.3, -0.25) is 4.79 Å². The second kappa shape index (κ2) is 7.36. The van der Waals surface area contributed by atoms with E-state index in [1.165, 1.54) is 11.1 Å². The van der Waals surface area contributed by atoms with Gasteiger partial charge in [0.2, 0.25) is 0 Å². The Kier molecular flexibility index (Phi) is 4.89. The molecule has 0 amide bonds. The molecule has 0 fully saturated rings. The zero-order valence-corrected chi connectivity index (χ0v) is 16.6. The van der Waals surface area contributed by atoms with Crippen molar-refractivity contribution in [2.24, 2.45) is 5.92 Å². The quantitative estimate of drug-likeness (QED) is 0.712. The van der Waals surface area contributed by atoms with Gasteiger partial charge in [0.15, 0.2) is 0 Å². The van der Waals surface area contributed by atoms with E-state index in [2.05, 4.69) is 39.9 Å². The van der Waals surface area contributed by atoms with Crippen LogP contribution >= 0.6 is 0 Å². The molecule has 2 atom stereocenters. The first-order valence-corrected chi connectivity index (χ1v) is 9.89. The van der Waals surface area contributed by atoms with Crippen LogP contribution in [0.25, 0.3) is 11.0 Å². The fourth-order valence-electron chi connectivity index (χ4n) is 4.33. The van der Waals surface area contributed by atoms with E-state index in [-0.39, 0.29) is 5.92 Å². The number of carboxylic acids is 1. The molecule has 0 saturated carbocycles. The van der Waals surface area contributed by atoms with Crippen LogP contribution in [0.5, 0.6) is 0 Å². The molecule has 0 aliphatic carbocycles. The van der Waals surface area contributed by atoms with Gasteiger partial charge < -0.3 is 10.4 Å². The van der Waals surface area contributed by atoms with E-state index in [0.29, 0.717) is 0 Å². The highest BCUT2D eigenvalue weighted by molar-refractivity contribution is 5.80. The normalized spacial score (nSPS) is 16.0. The maximum Gasteiger partial charge on any atom is 0.307 e. The first-order valence-electron chi connectivity index (χ1n) is 9.89. The largest absolute Gasteiger partial charge is 0.481 e. The Morgan fingerprint density at radius 2 is 2.11 bits per heavy atom. The van der Waals surface area contributed by atoms with Crippen molar-refractivity contribution < 1.29 is 9.90 Å². The van der Waals surface area contributed by atoms with Gasteiger partial charge in [-0.05, 0) is 60.7 Å². The van der Waals surface area contributed by atoms with Crippen LogP contribution in [-0.2, 0) is 24.3 Å². The summed E-state index contributed by atoms with van der Waals surface area (Å²) in [5.74, 6) is -1.58. The van der Waals surface area contributed by atoms with Crippen LogP contribution in [0.1, 0.15) is 47.6 Å². The highest BCUT2D eigenvalue weighted by Gasteiger charge is 2.30. The lowest BCUT2D eigenvalue weighted by Crippen LogP contribution is -2.25. The van der Waals surface area contributed by atoms with Gasteiger partial charge in [0.1, 0.15) is 5.52 Å². The van der Waals surface area contributed by atoms with E-state index in [4.69, 9.17) is 0 Å². The summed E-state index contributed by atoms with van der Waals surface area (Å²) in [6.45, 7) is 8.42. The van der Waals surface area contributed by atoms with Crippen LogP contribution in [0.3, 0.4) is 0 Å². The van der Waals surface area contributed by atoms with Gasteiger partial charge in [0, 0.05) is 19.0 Å². The van der Waals surface area contributed by atoms with Crippen molar-refractivity contribution in [1.29, 1.82) is 0 Å². The molecule has 0 radical (unpaired) electrons. The molecule has 4 rings (SSSR count). The minimum Gasteiger partial charge on any atom is -0.481 e. The Balaban J connectivity index is 1.87. The van der Waals surface area contributed by atoms with Gasteiger partial charge in [-0.2, -0.15) is 0 Å². The summed E-state index contributed by atoms with van der Waals surface area (Å²) < 4.78 is 1.87. The number of carbonyl (C=O) groups is 1. The van der Waals surface area contributed by atoms with Crippen LogP contribution in [0, 0.1) is 12.8 Å². The third kappa shape index (κ3) is 3.07. The van der Waals surface area contributed by atoms with Crippen LogP contribution in [-0.4, -0.2) is 32.6 Å². The Bertz CT molecular complexity index is 1040. The smallest absolute Gasteiger partial charge is 0.307 e. The SMILES string of the molecule is CCn1nnc2c(C)c([C@H](c3ccc4c(c3)CNCC4)[C@H](C)C(=O)O)ccc21. The lowest BCUT2D eigenvalue weighted by molar-refractivity contribution is -0.141. The minimum atomic E-state index is -0.794. The maximum absolute atomic E-state index is 12.0. The second-order valence-corrected chi connectivity index (χ2v) is 7.61. The highest BCUT2D eigenvalue weighted by atomic mass is 16.4. The number of rotatable bonds is 5. The molecule has 0 bridgehead atoms. The summed E-state index contributed by atoms with van der Waals surface area (Å²) in [5, 5.41) is 21.8. The summed E-state index contributed by atoms with van der Waals surface area (Å²) >= 11 is 0. The molecule has 28 heavy (non-hydrogen) atoms. The van der Waals surface area contributed by atoms with Crippen LogP contribution < -0.4 is 5.32 Å². The fourth-order valence-corrected chi connectivity index (χ4v) is 4.33. The molecule has 0 unspecified atom stereocenters. The molecule has 2 aromatic carbocycles. The Morgan fingerprint density at radius 3 is 2.86 bits per heavy atom. The molecule has 3 aromatic rings. The van der Waals surface area contributed by atoms with Crippen LogP contribution in [0.15, 0.2) is 30.3 Å². The molecule has 6 nitrogen and oxygen atoms in total. The third-order valence-corrected chi connectivity index (χ3v) is 5.98. The van der Waals surface area contributed by atoms with Crippen LogP contribution in [0.4, 0.5) is 0 Å². The summed E-state index contributed by atoms with van der Waals surface area (Å²) in [5.41, 5.74) is 7.51. The second-order valence-electron chi connectivity index (χ2n) is 7.61. The van der Waals surface area contributed by atoms with Crippen molar-refractivity contribution in [1.82, 2.24) is 20.3 Å². The first-order chi connectivity index (χ1) is 13.5. The van der Waals surface area contributed by atoms with Crippen molar-refractivity contribution in [2.75, 3.05) is 6.54 Å². The minimum absolute atomic E-state index is 0.235. The number of aliphatic carboxylic acids is 1. The Morgan fingerprint density at radius 1 is 1.29 bits per heavy atom. The average Bonchev–Trinajstić information content (AvgIpc) is 3.13. The van der Waals surface area contributed by atoms with E-state index < -0.39 is 11.9 Å². The zero-order chi connectivity index (χ0) is 19.8. The van der Waals surface area contributed by atoms with Crippen molar-refractivity contribution in [3.63, 3.8) is 0 Å². The molecule has 0 saturated heterocycles. The molecule has 2 N–H and O–H groups in total. The fraction of sp³-hybridized carbons (Fsp3) is 0.409. The van der Waals surface area contributed by atoms with E-state index in [0.717, 1.165) is 53.8 Å². The Hall–Kier alpha value is -2.73. The number of fused-ring (bicyclic) bond motifs is 2. The molecule has 0 spiro atoms. The number of hydrogen-bond donors (Lipinski definition) is 2. The number of aryl methyl sites for hydroxylation is 2. The summed E-state index contributed by atoms with van der Waals surface area (Å²) in [6.07, 6.45) is 1.01. The standard InChI is InChI=1S/C22H26N4O2/c1-4-26-19-8-7-18(13(2)21(19)24-25-26)20(14(3)22(27)28)16-6-5-15-9-10-23-12-17(15)11-16/h5-8,11,14,20,23H,4,9-10,12H2,1-3H3,(H,27,28)/t14-,20-/m0/s1. The molecule has 1 aromatic heterocycles. The zero-order valence-electron chi connectivity index (χ0n) is 16.6. The molecular weight excluding hydrogens is 352 g/mol. The van der Waals surface area contributed by atoms with Gasteiger partial charge in [-0.15, -0.1) is 5.10 Å². The van der Waals surface area contributed by atoms with Crippen LogP contribution in [0.2, 0.25) is 0 Å². The van der Waals surface area contributed by atoms with Crippen molar-refractivity contribution in [2.45, 2.75) is 46.2 Å². The average molecular weight is 378 g/mol. The van der Waals surface area contributed by atoms with E-state index in [9.17, 15) is 9.90 Å². The number of aromatic nitrogens is 3. The summed E-state index contributed by atoms with van der Waals surface area (Å²) in [7, 11) is 0. The lowest BCUT2D eigenvalue weighted by atomic mass is 9.78. The first kappa shape index (κ1) is 18.6. The predicted molar refractivity (Wildman–Crippen MR) is 108 cm³/mol. The highest BCUT2D eigenvalue weighted by Crippen LogP contribution is 2.37. The molecule has 1 aliphatic heterocycles.